The maximum Gasteiger partial charge on any atom is 0.191 e. The summed E-state index contributed by atoms with van der Waals surface area (Å²) in [5.41, 5.74) is 0. The fraction of sp³-hybridized carbons (Fsp3) is 0.650. The maximum absolute atomic E-state index is 13.3. The first-order chi connectivity index (χ1) is 13.2. The molecule has 27 heavy (non-hydrogen) atoms. The van der Waals surface area contributed by atoms with Crippen molar-refractivity contribution in [2.24, 2.45) is 4.99 Å². The number of rotatable bonds is 11. The third-order valence-corrected chi connectivity index (χ3v) is 4.36. The van der Waals surface area contributed by atoms with Gasteiger partial charge in [-0.05, 0) is 37.8 Å². The van der Waals surface area contributed by atoms with Crippen LogP contribution in [0.3, 0.4) is 0 Å². The van der Waals surface area contributed by atoms with Gasteiger partial charge >= 0.3 is 0 Å². The number of aliphatic imine (C=N–C) groups is 1. The van der Waals surface area contributed by atoms with Gasteiger partial charge in [-0.3, -0.25) is 4.99 Å². The molecule has 1 aliphatic rings. The number of nitrogens with zero attached hydrogens (tertiary/aromatic N) is 1. The lowest BCUT2D eigenvalue weighted by Crippen LogP contribution is -2.42. The number of halogens is 1. The zero-order chi connectivity index (χ0) is 19.3. The lowest BCUT2D eigenvalue weighted by molar-refractivity contribution is 0.0168. The summed E-state index contributed by atoms with van der Waals surface area (Å²) < 4.78 is 30.3. The monoisotopic (exact) mass is 381 g/mol. The first-order valence-corrected chi connectivity index (χ1v) is 9.77. The van der Waals surface area contributed by atoms with E-state index < -0.39 is 0 Å². The van der Waals surface area contributed by atoms with Crippen molar-refractivity contribution in [2.75, 3.05) is 40.0 Å². The standard InChI is InChI=1S/C20H32FN3O3/c1-3-17(27-18-8-4-7-16(21)13-18)14-24-20(22-2)23-10-6-11-25-15-19-9-5-12-26-19/h4,7-8,13,17,19H,3,5-6,9-12,14-15H2,1-2H3,(H2,22,23,24). The van der Waals surface area contributed by atoms with Crippen LogP contribution in [0.4, 0.5) is 4.39 Å². The average molecular weight is 381 g/mol. The Balaban J connectivity index is 1.59. The third-order valence-electron chi connectivity index (χ3n) is 4.36. The molecule has 0 aromatic heterocycles. The second kappa shape index (κ2) is 12.5. The molecule has 7 heteroatoms. The molecule has 1 aromatic carbocycles. The van der Waals surface area contributed by atoms with Crippen molar-refractivity contribution in [1.29, 1.82) is 0 Å². The predicted molar refractivity (Wildman–Crippen MR) is 105 cm³/mol. The van der Waals surface area contributed by atoms with Gasteiger partial charge in [0, 0.05) is 32.9 Å². The molecule has 6 nitrogen and oxygen atoms in total. The number of hydrogen-bond acceptors (Lipinski definition) is 4. The number of hydrogen-bond donors (Lipinski definition) is 2. The van der Waals surface area contributed by atoms with E-state index >= 15 is 0 Å². The van der Waals surface area contributed by atoms with Crippen LogP contribution in [0.1, 0.15) is 32.6 Å². The molecule has 0 bridgehead atoms. The van der Waals surface area contributed by atoms with Crippen molar-refractivity contribution in [3.05, 3.63) is 30.1 Å². The fourth-order valence-corrected chi connectivity index (χ4v) is 2.80. The molecular formula is C20H32FN3O3. The molecule has 0 radical (unpaired) electrons. The van der Waals surface area contributed by atoms with Crippen LogP contribution in [0.15, 0.2) is 29.3 Å². The largest absolute Gasteiger partial charge is 0.489 e. The van der Waals surface area contributed by atoms with Crippen LogP contribution in [0.2, 0.25) is 0 Å². The van der Waals surface area contributed by atoms with Crippen LogP contribution in [-0.2, 0) is 9.47 Å². The summed E-state index contributed by atoms with van der Waals surface area (Å²) in [5, 5.41) is 6.51. The van der Waals surface area contributed by atoms with Crippen LogP contribution < -0.4 is 15.4 Å². The number of nitrogens with one attached hydrogen (secondary N) is 2. The Kier molecular flexibility index (Phi) is 9.94. The maximum atomic E-state index is 13.3. The van der Waals surface area contributed by atoms with E-state index in [9.17, 15) is 4.39 Å². The van der Waals surface area contributed by atoms with Gasteiger partial charge in [-0.1, -0.05) is 13.0 Å². The van der Waals surface area contributed by atoms with E-state index in [4.69, 9.17) is 14.2 Å². The van der Waals surface area contributed by atoms with Crippen molar-refractivity contribution in [1.82, 2.24) is 10.6 Å². The smallest absolute Gasteiger partial charge is 0.191 e. The Bertz CT molecular complexity index is 565. The van der Waals surface area contributed by atoms with Crippen LogP contribution in [-0.4, -0.2) is 58.1 Å². The Hall–Kier alpha value is -1.86. The molecule has 0 amide bonds. The summed E-state index contributed by atoms with van der Waals surface area (Å²) in [5.74, 6) is 0.958. The van der Waals surface area contributed by atoms with Crippen LogP contribution in [0.5, 0.6) is 5.75 Å². The zero-order valence-corrected chi connectivity index (χ0v) is 16.4. The summed E-state index contributed by atoms with van der Waals surface area (Å²) in [7, 11) is 1.73. The predicted octanol–water partition coefficient (Wildman–Crippen LogP) is 2.73. The highest BCUT2D eigenvalue weighted by Crippen LogP contribution is 2.14. The highest BCUT2D eigenvalue weighted by molar-refractivity contribution is 5.79. The van der Waals surface area contributed by atoms with E-state index in [0.29, 0.717) is 25.5 Å². The Morgan fingerprint density at radius 2 is 2.30 bits per heavy atom. The lowest BCUT2D eigenvalue weighted by Gasteiger charge is -2.20. The highest BCUT2D eigenvalue weighted by Gasteiger charge is 2.15. The summed E-state index contributed by atoms with van der Waals surface area (Å²) in [6.07, 6.45) is 4.14. The number of benzene rings is 1. The van der Waals surface area contributed by atoms with Crippen molar-refractivity contribution in [2.45, 2.75) is 44.8 Å². The second-order valence-electron chi connectivity index (χ2n) is 6.55. The topological polar surface area (TPSA) is 64.1 Å². The quantitative estimate of drug-likeness (QED) is 0.351. The van der Waals surface area contributed by atoms with Crippen molar-refractivity contribution >= 4 is 5.96 Å². The van der Waals surface area contributed by atoms with E-state index in [1.54, 1.807) is 19.2 Å². The van der Waals surface area contributed by atoms with Crippen LogP contribution in [0, 0.1) is 5.82 Å². The van der Waals surface area contributed by atoms with Crippen molar-refractivity contribution < 1.29 is 18.6 Å². The van der Waals surface area contributed by atoms with Gasteiger partial charge in [0.2, 0.25) is 0 Å². The van der Waals surface area contributed by atoms with Gasteiger partial charge in [0.1, 0.15) is 17.7 Å². The van der Waals surface area contributed by atoms with Crippen LogP contribution >= 0.6 is 0 Å². The minimum absolute atomic E-state index is 0.0694. The average Bonchev–Trinajstić information content (AvgIpc) is 3.19. The molecule has 1 aromatic rings. The molecule has 1 aliphatic heterocycles. The SMILES string of the molecule is CCC(CNC(=NC)NCCCOCC1CCCO1)Oc1cccc(F)c1. The van der Waals surface area contributed by atoms with Crippen molar-refractivity contribution in [3.8, 4) is 5.75 Å². The Morgan fingerprint density at radius 3 is 3.00 bits per heavy atom. The van der Waals surface area contributed by atoms with Gasteiger partial charge in [0.15, 0.2) is 5.96 Å². The minimum Gasteiger partial charge on any atom is -0.489 e. The molecule has 1 fully saturated rings. The first-order valence-electron chi connectivity index (χ1n) is 9.77. The molecule has 0 spiro atoms. The summed E-state index contributed by atoms with van der Waals surface area (Å²) in [6.45, 7) is 5.63. The fourth-order valence-electron chi connectivity index (χ4n) is 2.80. The molecule has 2 atom stereocenters. The number of ether oxygens (including phenoxy) is 3. The van der Waals surface area contributed by atoms with E-state index in [1.165, 1.54) is 12.1 Å². The Labute approximate surface area is 161 Å². The Morgan fingerprint density at radius 1 is 1.41 bits per heavy atom. The van der Waals surface area contributed by atoms with Gasteiger partial charge in [0.25, 0.3) is 0 Å². The summed E-state index contributed by atoms with van der Waals surface area (Å²) in [6, 6.07) is 6.20. The van der Waals surface area contributed by atoms with E-state index in [1.807, 2.05) is 6.92 Å². The van der Waals surface area contributed by atoms with Gasteiger partial charge in [0.05, 0.1) is 19.3 Å². The van der Waals surface area contributed by atoms with E-state index in [2.05, 4.69) is 15.6 Å². The molecule has 2 rings (SSSR count). The van der Waals surface area contributed by atoms with Gasteiger partial charge in [-0.15, -0.1) is 0 Å². The van der Waals surface area contributed by atoms with Crippen LogP contribution in [0.25, 0.3) is 0 Å². The lowest BCUT2D eigenvalue weighted by atomic mass is 10.2. The molecule has 0 saturated carbocycles. The highest BCUT2D eigenvalue weighted by atomic mass is 19.1. The normalized spacial score (nSPS) is 18.3. The summed E-state index contributed by atoms with van der Waals surface area (Å²) >= 11 is 0. The molecular weight excluding hydrogens is 349 g/mol. The number of guanidine groups is 1. The molecule has 2 unspecified atom stereocenters. The molecule has 152 valence electrons. The molecule has 2 N–H and O–H groups in total. The first kappa shape index (κ1) is 21.4. The zero-order valence-electron chi connectivity index (χ0n) is 16.4. The molecule has 0 aliphatic carbocycles. The van der Waals surface area contributed by atoms with E-state index in [0.717, 1.165) is 44.8 Å². The van der Waals surface area contributed by atoms with Gasteiger partial charge in [-0.2, -0.15) is 0 Å². The minimum atomic E-state index is -0.297. The van der Waals surface area contributed by atoms with Gasteiger partial charge < -0.3 is 24.8 Å². The molecule has 1 saturated heterocycles. The van der Waals surface area contributed by atoms with Gasteiger partial charge in [-0.25, -0.2) is 4.39 Å². The molecule has 1 heterocycles. The third kappa shape index (κ3) is 8.58. The summed E-state index contributed by atoms with van der Waals surface area (Å²) in [4.78, 5) is 4.21. The van der Waals surface area contributed by atoms with E-state index in [-0.39, 0.29) is 18.0 Å². The second-order valence-corrected chi connectivity index (χ2v) is 6.55. The van der Waals surface area contributed by atoms with Crippen molar-refractivity contribution in [3.63, 3.8) is 0 Å².